The van der Waals surface area contributed by atoms with Crippen LogP contribution in [0, 0.1) is 6.54 Å². The van der Waals surface area contributed by atoms with E-state index in [0.29, 0.717) is 17.5 Å². The van der Waals surface area contributed by atoms with Crippen LogP contribution in [0.5, 0.6) is 0 Å². The third-order valence-corrected chi connectivity index (χ3v) is 1.96. The minimum Gasteiger partial charge on any atom is -0.392 e. The summed E-state index contributed by atoms with van der Waals surface area (Å²) in [6, 6.07) is 5.07. The minimum absolute atomic E-state index is 0.104. The van der Waals surface area contributed by atoms with E-state index in [0.717, 1.165) is 5.56 Å². The summed E-state index contributed by atoms with van der Waals surface area (Å²) in [5.74, 6) is -0.503. The molecule has 0 aliphatic heterocycles. The Morgan fingerprint density at radius 1 is 1.50 bits per heavy atom. The van der Waals surface area contributed by atoms with Crippen LogP contribution in [0.4, 0.5) is 0 Å². The summed E-state index contributed by atoms with van der Waals surface area (Å²) >= 11 is 0. The molecule has 0 aliphatic carbocycles. The molecule has 14 heavy (non-hydrogen) atoms. The number of aliphatic hydroxyl groups excluding tert-OH is 1. The Bertz CT molecular complexity index is 337. The highest BCUT2D eigenvalue weighted by Crippen LogP contribution is 2.12. The molecule has 4 nitrogen and oxygen atoms in total. The first-order chi connectivity index (χ1) is 6.69. The molecular formula is C10H13N2O2. The molecule has 0 aliphatic rings. The summed E-state index contributed by atoms with van der Waals surface area (Å²) in [5.41, 5.74) is 12.3. The lowest BCUT2D eigenvalue weighted by Crippen LogP contribution is -2.15. The number of carbonyl (C=O) groups excluding carboxylic acids is 1. The van der Waals surface area contributed by atoms with Crippen LogP contribution in [0.1, 0.15) is 21.5 Å². The summed E-state index contributed by atoms with van der Waals surface area (Å²) in [5, 5.41) is 8.88. The summed E-state index contributed by atoms with van der Waals surface area (Å²) in [6.45, 7) is 1.35. The molecule has 4 heteroatoms. The van der Waals surface area contributed by atoms with Gasteiger partial charge in [0, 0.05) is 12.1 Å². The second-order valence-electron chi connectivity index (χ2n) is 2.95. The van der Waals surface area contributed by atoms with Crippen molar-refractivity contribution in [1.82, 2.24) is 0 Å². The highest BCUT2D eigenvalue weighted by Gasteiger charge is 2.08. The second-order valence-corrected chi connectivity index (χ2v) is 2.95. The maximum absolute atomic E-state index is 11.1. The zero-order valence-electron chi connectivity index (χ0n) is 7.73. The molecule has 0 bridgehead atoms. The van der Waals surface area contributed by atoms with Gasteiger partial charge in [-0.2, -0.15) is 0 Å². The Kier molecular flexibility index (Phi) is 3.62. The predicted molar refractivity (Wildman–Crippen MR) is 53.1 cm³/mol. The van der Waals surface area contributed by atoms with Gasteiger partial charge in [-0.1, -0.05) is 12.1 Å². The monoisotopic (exact) mass is 193 g/mol. The first kappa shape index (κ1) is 10.7. The maximum Gasteiger partial charge on any atom is 0.248 e. The highest BCUT2D eigenvalue weighted by molar-refractivity contribution is 5.94. The fourth-order valence-corrected chi connectivity index (χ4v) is 1.26. The molecule has 0 fully saturated rings. The van der Waals surface area contributed by atoms with Gasteiger partial charge in [0.1, 0.15) is 0 Å². The number of hydrogen-bond donors (Lipinski definition) is 3. The summed E-state index contributed by atoms with van der Waals surface area (Å²) in [7, 11) is 0. The van der Waals surface area contributed by atoms with E-state index in [4.69, 9.17) is 16.6 Å². The Morgan fingerprint density at radius 2 is 2.21 bits per heavy atom. The molecule has 0 saturated heterocycles. The lowest BCUT2D eigenvalue weighted by Gasteiger charge is -2.06. The van der Waals surface area contributed by atoms with Crippen LogP contribution in [-0.4, -0.2) is 11.0 Å². The third kappa shape index (κ3) is 2.31. The molecule has 1 amide bonds. The number of primary amides is 1. The number of rotatable bonds is 4. The largest absolute Gasteiger partial charge is 0.392 e. The van der Waals surface area contributed by atoms with Gasteiger partial charge < -0.3 is 16.6 Å². The zero-order valence-corrected chi connectivity index (χ0v) is 7.73. The first-order valence-electron chi connectivity index (χ1n) is 4.25. The molecule has 1 rings (SSSR count). The molecular weight excluding hydrogens is 180 g/mol. The average Bonchev–Trinajstić information content (AvgIpc) is 2.18. The minimum atomic E-state index is -0.503. The van der Waals surface area contributed by atoms with Crippen LogP contribution in [0.3, 0.4) is 0 Å². The van der Waals surface area contributed by atoms with Gasteiger partial charge >= 0.3 is 0 Å². The van der Waals surface area contributed by atoms with E-state index in [1.54, 1.807) is 18.2 Å². The summed E-state index contributed by atoms with van der Waals surface area (Å²) in [6.07, 6.45) is 0.490. The van der Waals surface area contributed by atoms with Crippen LogP contribution in [0.15, 0.2) is 18.2 Å². The van der Waals surface area contributed by atoms with E-state index in [-0.39, 0.29) is 6.61 Å². The van der Waals surface area contributed by atoms with Crippen molar-refractivity contribution in [1.29, 1.82) is 0 Å². The maximum atomic E-state index is 11.1. The van der Waals surface area contributed by atoms with Crippen molar-refractivity contribution < 1.29 is 9.90 Å². The number of nitrogens with two attached hydrogens (primary N) is 2. The van der Waals surface area contributed by atoms with E-state index < -0.39 is 5.91 Å². The zero-order chi connectivity index (χ0) is 10.6. The fourth-order valence-electron chi connectivity index (χ4n) is 1.26. The molecule has 0 saturated carbocycles. The van der Waals surface area contributed by atoms with Gasteiger partial charge in [-0.3, -0.25) is 4.79 Å². The van der Waals surface area contributed by atoms with E-state index in [2.05, 4.69) is 0 Å². The van der Waals surface area contributed by atoms with Gasteiger partial charge in [0.2, 0.25) is 5.91 Å². The van der Waals surface area contributed by atoms with Crippen LogP contribution in [-0.2, 0) is 13.0 Å². The number of carbonyl (C=O) groups is 1. The number of hydrogen-bond acceptors (Lipinski definition) is 3. The lowest BCUT2D eigenvalue weighted by atomic mass is 10.0. The quantitative estimate of drug-likeness (QED) is 0.625. The van der Waals surface area contributed by atoms with Crippen LogP contribution in [0.2, 0.25) is 0 Å². The molecule has 0 unspecified atom stereocenters. The molecule has 0 aromatic heterocycles. The van der Waals surface area contributed by atoms with Gasteiger partial charge in [-0.15, -0.1) is 0 Å². The number of aliphatic hydroxyl groups is 1. The second kappa shape index (κ2) is 4.74. The Hall–Kier alpha value is -1.39. The third-order valence-electron chi connectivity index (χ3n) is 1.96. The summed E-state index contributed by atoms with van der Waals surface area (Å²) in [4.78, 5) is 11.1. The van der Waals surface area contributed by atoms with Gasteiger partial charge in [-0.25, -0.2) is 0 Å². The SMILES string of the molecule is N[CH]Cc1ccc(CO)cc1C(N)=O. The molecule has 5 N–H and O–H groups in total. The van der Waals surface area contributed by atoms with Crippen molar-refractivity contribution >= 4 is 5.91 Å². The molecule has 0 spiro atoms. The average molecular weight is 193 g/mol. The normalized spacial score (nSPS) is 10.1. The van der Waals surface area contributed by atoms with Crippen molar-refractivity contribution in [2.24, 2.45) is 11.5 Å². The van der Waals surface area contributed by atoms with Crippen LogP contribution < -0.4 is 11.5 Å². The molecule has 0 atom stereocenters. The van der Waals surface area contributed by atoms with Crippen molar-refractivity contribution in [3.8, 4) is 0 Å². The van der Waals surface area contributed by atoms with E-state index in [1.807, 2.05) is 0 Å². The molecule has 0 heterocycles. The van der Waals surface area contributed by atoms with Crippen molar-refractivity contribution in [3.05, 3.63) is 41.4 Å². The van der Waals surface area contributed by atoms with Gasteiger partial charge in [0.15, 0.2) is 0 Å². The van der Waals surface area contributed by atoms with Gasteiger partial charge in [-0.05, 0) is 23.6 Å². The van der Waals surface area contributed by atoms with Crippen molar-refractivity contribution in [2.75, 3.05) is 0 Å². The van der Waals surface area contributed by atoms with Gasteiger partial charge in [0.05, 0.1) is 6.61 Å². The van der Waals surface area contributed by atoms with Crippen molar-refractivity contribution in [2.45, 2.75) is 13.0 Å². The standard InChI is InChI=1S/C10H13N2O2/c11-4-3-8-2-1-7(6-13)5-9(8)10(12)14/h1-2,4-5,13H,3,6,11H2,(H2,12,14). The molecule has 1 radical (unpaired) electrons. The van der Waals surface area contributed by atoms with Crippen LogP contribution in [0.25, 0.3) is 0 Å². The van der Waals surface area contributed by atoms with E-state index >= 15 is 0 Å². The Morgan fingerprint density at radius 3 is 2.71 bits per heavy atom. The van der Waals surface area contributed by atoms with Crippen molar-refractivity contribution in [3.63, 3.8) is 0 Å². The smallest absolute Gasteiger partial charge is 0.248 e. The van der Waals surface area contributed by atoms with Gasteiger partial charge in [0.25, 0.3) is 0 Å². The fraction of sp³-hybridized carbons (Fsp3) is 0.200. The summed E-state index contributed by atoms with van der Waals surface area (Å²) < 4.78 is 0. The first-order valence-corrected chi connectivity index (χ1v) is 4.25. The Balaban J connectivity index is 3.10. The van der Waals surface area contributed by atoms with Crippen LogP contribution >= 0.6 is 0 Å². The topological polar surface area (TPSA) is 89.3 Å². The van der Waals surface area contributed by atoms with E-state index in [1.165, 1.54) is 6.54 Å². The predicted octanol–water partition coefficient (Wildman–Crippen LogP) is -0.0592. The highest BCUT2D eigenvalue weighted by atomic mass is 16.3. The Labute approximate surface area is 82.5 Å². The molecule has 1 aromatic rings. The lowest BCUT2D eigenvalue weighted by molar-refractivity contribution is 0.0999. The molecule has 1 aromatic carbocycles. The van der Waals surface area contributed by atoms with E-state index in [9.17, 15) is 4.79 Å². The number of amides is 1. The number of benzene rings is 1. The molecule has 75 valence electrons.